The molecule has 98 valence electrons. The van der Waals surface area contributed by atoms with Gasteiger partial charge in [-0.05, 0) is 60.9 Å². The van der Waals surface area contributed by atoms with E-state index in [1.54, 1.807) is 11.3 Å². The van der Waals surface area contributed by atoms with E-state index in [-0.39, 0.29) is 0 Å². The Morgan fingerprint density at radius 3 is 2.83 bits per heavy atom. The molecule has 2 aromatic heterocycles. The number of thiophene rings is 1. The molecule has 0 radical (unpaired) electrons. The highest BCUT2D eigenvalue weighted by Crippen LogP contribution is 2.21. The topological polar surface area (TPSA) is 29.9 Å². The Kier molecular flexibility index (Phi) is 4.97. The van der Waals surface area contributed by atoms with Crippen molar-refractivity contribution in [2.75, 3.05) is 6.54 Å². The maximum absolute atomic E-state index is 4.45. The van der Waals surface area contributed by atoms with Crippen molar-refractivity contribution in [3.05, 3.63) is 38.3 Å². The van der Waals surface area contributed by atoms with Gasteiger partial charge in [-0.25, -0.2) is 0 Å². The molecule has 0 aliphatic heterocycles. The first-order valence-corrected chi connectivity index (χ1v) is 7.72. The molecule has 2 rings (SSSR count). The number of halogens is 1. The van der Waals surface area contributed by atoms with Crippen LogP contribution in [0.3, 0.4) is 0 Å². The Bertz CT molecular complexity index is 504. The number of nitrogens with zero attached hydrogens (tertiary/aromatic N) is 2. The van der Waals surface area contributed by atoms with E-state index in [2.05, 4.69) is 56.2 Å². The van der Waals surface area contributed by atoms with Crippen LogP contribution in [0.2, 0.25) is 0 Å². The number of hydrogen-bond acceptors (Lipinski definition) is 3. The molecule has 0 bridgehead atoms. The van der Waals surface area contributed by atoms with E-state index in [9.17, 15) is 0 Å². The Hall–Kier alpha value is -0.650. The molecule has 0 aliphatic rings. The summed E-state index contributed by atoms with van der Waals surface area (Å²) in [4.78, 5) is 1.37. The van der Waals surface area contributed by atoms with Gasteiger partial charge in [-0.3, -0.25) is 4.68 Å². The minimum absolute atomic E-state index is 0.952. The Labute approximate surface area is 120 Å². The monoisotopic (exact) mass is 327 g/mol. The van der Waals surface area contributed by atoms with E-state index in [0.29, 0.717) is 0 Å². The molecule has 2 heterocycles. The molecule has 18 heavy (non-hydrogen) atoms. The van der Waals surface area contributed by atoms with E-state index < -0.39 is 0 Å². The summed E-state index contributed by atoms with van der Waals surface area (Å²) in [5, 5.41) is 7.91. The van der Waals surface area contributed by atoms with Crippen LogP contribution in [0.15, 0.2) is 22.0 Å². The molecule has 3 nitrogen and oxygen atoms in total. The van der Waals surface area contributed by atoms with Gasteiger partial charge in [-0.2, -0.15) is 5.10 Å². The SMILES string of the molecule is Cc1cc(C)n(CCCNCc2ccc(Br)s2)n1. The fraction of sp³-hybridized carbons (Fsp3) is 0.462. The highest BCUT2D eigenvalue weighted by molar-refractivity contribution is 9.11. The summed E-state index contributed by atoms with van der Waals surface area (Å²) in [6, 6.07) is 6.37. The number of aromatic nitrogens is 2. The minimum Gasteiger partial charge on any atom is -0.312 e. The first kappa shape index (κ1) is 13.8. The van der Waals surface area contributed by atoms with Crippen molar-refractivity contribution in [3.8, 4) is 0 Å². The molecule has 0 aromatic carbocycles. The predicted octanol–water partition coefficient (Wildman–Crippen LogP) is 3.50. The lowest BCUT2D eigenvalue weighted by molar-refractivity contribution is 0.533. The molecule has 2 aromatic rings. The third-order valence-corrected chi connectivity index (χ3v) is 4.38. The minimum atomic E-state index is 0.952. The lowest BCUT2D eigenvalue weighted by Crippen LogP contribution is -2.16. The van der Waals surface area contributed by atoms with Crippen LogP contribution >= 0.6 is 27.3 Å². The maximum Gasteiger partial charge on any atom is 0.0701 e. The predicted molar refractivity (Wildman–Crippen MR) is 80.0 cm³/mol. The third kappa shape index (κ3) is 3.93. The van der Waals surface area contributed by atoms with Crippen LogP contribution in [0, 0.1) is 13.8 Å². The van der Waals surface area contributed by atoms with Gasteiger partial charge in [0.25, 0.3) is 0 Å². The smallest absolute Gasteiger partial charge is 0.0701 e. The molecule has 0 unspecified atom stereocenters. The average molecular weight is 328 g/mol. The number of hydrogen-bond donors (Lipinski definition) is 1. The van der Waals surface area contributed by atoms with Crippen LogP contribution in [0.5, 0.6) is 0 Å². The molecule has 1 N–H and O–H groups in total. The van der Waals surface area contributed by atoms with Crippen LogP contribution < -0.4 is 5.32 Å². The molecule has 0 saturated carbocycles. The van der Waals surface area contributed by atoms with Crippen LogP contribution in [0.25, 0.3) is 0 Å². The first-order valence-electron chi connectivity index (χ1n) is 6.11. The zero-order valence-electron chi connectivity index (χ0n) is 10.7. The van der Waals surface area contributed by atoms with E-state index >= 15 is 0 Å². The normalized spacial score (nSPS) is 11.1. The van der Waals surface area contributed by atoms with Gasteiger partial charge in [0, 0.05) is 23.7 Å². The highest BCUT2D eigenvalue weighted by atomic mass is 79.9. The maximum atomic E-state index is 4.45. The summed E-state index contributed by atoms with van der Waals surface area (Å²) < 4.78 is 3.28. The zero-order chi connectivity index (χ0) is 13.0. The van der Waals surface area contributed by atoms with Crippen molar-refractivity contribution in [3.63, 3.8) is 0 Å². The van der Waals surface area contributed by atoms with Crippen LogP contribution in [0.4, 0.5) is 0 Å². The molecule has 0 fully saturated rings. The van der Waals surface area contributed by atoms with Crippen LogP contribution in [0.1, 0.15) is 22.7 Å². The van der Waals surface area contributed by atoms with Crippen molar-refractivity contribution in [2.45, 2.75) is 33.4 Å². The van der Waals surface area contributed by atoms with Crippen molar-refractivity contribution in [1.29, 1.82) is 0 Å². The molecule has 0 aliphatic carbocycles. The van der Waals surface area contributed by atoms with Gasteiger partial charge in [0.1, 0.15) is 0 Å². The lowest BCUT2D eigenvalue weighted by atomic mass is 10.3. The standard InChI is InChI=1S/C13H18BrN3S/c1-10-8-11(2)17(16-10)7-3-6-15-9-12-4-5-13(14)18-12/h4-5,8,15H,3,6-7,9H2,1-2H3. The Balaban J connectivity index is 1.66. The van der Waals surface area contributed by atoms with Crippen LogP contribution in [-0.2, 0) is 13.1 Å². The summed E-state index contributed by atoms with van der Waals surface area (Å²) in [6.07, 6.45) is 1.11. The van der Waals surface area contributed by atoms with Gasteiger partial charge >= 0.3 is 0 Å². The van der Waals surface area contributed by atoms with Crippen molar-refractivity contribution < 1.29 is 0 Å². The van der Waals surface area contributed by atoms with Gasteiger partial charge < -0.3 is 5.32 Å². The van der Waals surface area contributed by atoms with E-state index in [1.165, 1.54) is 14.4 Å². The fourth-order valence-corrected chi connectivity index (χ4v) is 3.37. The van der Waals surface area contributed by atoms with Crippen molar-refractivity contribution >= 4 is 27.3 Å². The number of nitrogens with one attached hydrogen (secondary N) is 1. The van der Waals surface area contributed by atoms with Crippen molar-refractivity contribution in [1.82, 2.24) is 15.1 Å². The first-order chi connectivity index (χ1) is 8.65. The fourth-order valence-electron chi connectivity index (χ4n) is 1.91. The van der Waals surface area contributed by atoms with Gasteiger partial charge in [-0.15, -0.1) is 11.3 Å². The summed E-state index contributed by atoms with van der Waals surface area (Å²) in [6.45, 7) is 7.11. The molecule has 5 heteroatoms. The lowest BCUT2D eigenvalue weighted by Gasteiger charge is -2.05. The highest BCUT2D eigenvalue weighted by Gasteiger charge is 2.00. The molecule has 0 saturated heterocycles. The van der Waals surface area contributed by atoms with Crippen LogP contribution in [-0.4, -0.2) is 16.3 Å². The summed E-state index contributed by atoms with van der Waals surface area (Å²) in [5.41, 5.74) is 2.35. The average Bonchev–Trinajstić information content (AvgIpc) is 2.85. The molecule has 0 amide bonds. The van der Waals surface area contributed by atoms with E-state index in [1.807, 2.05) is 6.92 Å². The van der Waals surface area contributed by atoms with E-state index in [4.69, 9.17) is 0 Å². The summed E-state index contributed by atoms with van der Waals surface area (Å²) in [7, 11) is 0. The Morgan fingerprint density at radius 1 is 1.39 bits per heavy atom. The van der Waals surface area contributed by atoms with Gasteiger partial charge in [0.2, 0.25) is 0 Å². The number of rotatable bonds is 6. The molecular weight excluding hydrogens is 310 g/mol. The van der Waals surface area contributed by atoms with E-state index in [0.717, 1.165) is 31.7 Å². The largest absolute Gasteiger partial charge is 0.312 e. The third-order valence-electron chi connectivity index (χ3n) is 2.75. The quantitative estimate of drug-likeness (QED) is 0.823. The number of aryl methyl sites for hydroxylation is 3. The van der Waals surface area contributed by atoms with Gasteiger partial charge in [0.15, 0.2) is 0 Å². The van der Waals surface area contributed by atoms with Gasteiger partial charge in [-0.1, -0.05) is 0 Å². The molecule has 0 spiro atoms. The second kappa shape index (κ2) is 6.50. The molecule has 0 atom stereocenters. The second-order valence-corrected chi connectivity index (χ2v) is 6.93. The molecular formula is C13H18BrN3S. The summed E-state index contributed by atoms with van der Waals surface area (Å²) >= 11 is 5.26. The zero-order valence-corrected chi connectivity index (χ0v) is 13.1. The Morgan fingerprint density at radius 2 is 2.22 bits per heavy atom. The summed E-state index contributed by atoms with van der Waals surface area (Å²) in [5.74, 6) is 0. The second-order valence-electron chi connectivity index (χ2n) is 4.39. The van der Waals surface area contributed by atoms with Gasteiger partial charge in [0.05, 0.1) is 9.48 Å². The van der Waals surface area contributed by atoms with Crippen molar-refractivity contribution in [2.24, 2.45) is 0 Å².